The second-order valence-corrected chi connectivity index (χ2v) is 6.53. The van der Waals surface area contributed by atoms with Crippen LogP contribution in [0.3, 0.4) is 0 Å². The molecular formula is C13H25N3O. The first-order chi connectivity index (χ1) is 8.04. The number of hydrogen-bond donors (Lipinski definition) is 1. The maximum atomic E-state index is 6.07. The molecule has 4 nitrogen and oxygen atoms in total. The molecule has 98 valence electrons. The van der Waals surface area contributed by atoms with Crippen molar-refractivity contribution in [2.75, 3.05) is 6.61 Å². The van der Waals surface area contributed by atoms with E-state index in [1.165, 1.54) is 25.7 Å². The van der Waals surface area contributed by atoms with Gasteiger partial charge in [0.25, 0.3) is 0 Å². The van der Waals surface area contributed by atoms with E-state index in [1.54, 1.807) is 0 Å². The predicted molar refractivity (Wildman–Crippen MR) is 67.8 cm³/mol. The normalized spacial score (nSPS) is 33.7. The number of fused-ring (bicyclic) bond motifs is 1. The largest absolute Gasteiger partial charge is 0.378 e. The molecule has 2 rings (SSSR count). The third-order valence-electron chi connectivity index (χ3n) is 3.44. The summed E-state index contributed by atoms with van der Waals surface area (Å²) in [6.07, 6.45) is 6.28. The molecule has 1 N–H and O–H groups in total. The Labute approximate surface area is 104 Å². The van der Waals surface area contributed by atoms with Gasteiger partial charge in [-0.3, -0.25) is 5.43 Å². The van der Waals surface area contributed by atoms with Crippen molar-refractivity contribution in [2.45, 2.75) is 71.1 Å². The maximum Gasteiger partial charge on any atom is 0.0948 e. The Bertz CT molecular complexity index is 272. The lowest BCUT2D eigenvalue weighted by atomic mass is 9.91. The van der Waals surface area contributed by atoms with E-state index in [9.17, 15) is 0 Å². The van der Waals surface area contributed by atoms with Crippen molar-refractivity contribution in [1.29, 1.82) is 0 Å². The summed E-state index contributed by atoms with van der Waals surface area (Å²) in [5, 5.41) is 8.23. The van der Waals surface area contributed by atoms with Gasteiger partial charge < -0.3 is 4.74 Å². The van der Waals surface area contributed by atoms with Gasteiger partial charge in [-0.2, -0.15) is 5.11 Å². The van der Waals surface area contributed by atoms with E-state index in [-0.39, 0.29) is 5.41 Å². The number of nitrogens with zero attached hydrogens (tertiary/aromatic N) is 2. The fourth-order valence-corrected chi connectivity index (χ4v) is 2.46. The van der Waals surface area contributed by atoms with Gasteiger partial charge >= 0.3 is 0 Å². The molecule has 17 heavy (non-hydrogen) atoms. The predicted octanol–water partition coefficient (Wildman–Crippen LogP) is 3.09. The van der Waals surface area contributed by atoms with Gasteiger partial charge in [0.1, 0.15) is 0 Å². The topological polar surface area (TPSA) is 46.0 Å². The first-order valence-corrected chi connectivity index (χ1v) is 6.81. The van der Waals surface area contributed by atoms with Gasteiger partial charge in [0.05, 0.1) is 24.8 Å². The van der Waals surface area contributed by atoms with Crippen molar-refractivity contribution < 1.29 is 4.74 Å². The summed E-state index contributed by atoms with van der Waals surface area (Å²) in [6.45, 7) is 7.50. The summed E-state index contributed by atoms with van der Waals surface area (Å²) < 4.78 is 6.07. The first-order valence-electron chi connectivity index (χ1n) is 6.81. The van der Waals surface area contributed by atoms with Gasteiger partial charge in [0, 0.05) is 0 Å². The van der Waals surface area contributed by atoms with Crippen LogP contribution in [-0.4, -0.2) is 24.8 Å². The molecule has 1 aliphatic heterocycles. The number of nitrogens with one attached hydrogen (secondary N) is 1. The SMILES string of the molecule is CC(C)(C)COC1CCCCC2N=NNC2C1. The van der Waals surface area contributed by atoms with Crippen molar-refractivity contribution in [2.24, 2.45) is 15.8 Å². The fraction of sp³-hybridized carbons (Fsp3) is 1.00. The average molecular weight is 239 g/mol. The molecule has 1 aliphatic carbocycles. The number of ether oxygens (including phenoxy) is 1. The van der Waals surface area contributed by atoms with E-state index in [0.717, 1.165) is 13.0 Å². The van der Waals surface area contributed by atoms with Crippen LogP contribution in [0.15, 0.2) is 10.3 Å². The Balaban J connectivity index is 1.84. The third-order valence-corrected chi connectivity index (χ3v) is 3.44. The molecule has 0 radical (unpaired) electrons. The van der Waals surface area contributed by atoms with E-state index in [1.807, 2.05) is 0 Å². The van der Waals surface area contributed by atoms with Crippen LogP contribution < -0.4 is 5.43 Å². The first kappa shape index (κ1) is 12.8. The number of rotatable bonds is 2. The molecule has 3 unspecified atom stereocenters. The van der Waals surface area contributed by atoms with Crippen molar-refractivity contribution in [3.63, 3.8) is 0 Å². The highest BCUT2D eigenvalue weighted by atomic mass is 16.5. The smallest absolute Gasteiger partial charge is 0.0948 e. The molecule has 1 heterocycles. The van der Waals surface area contributed by atoms with Crippen molar-refractivity contribution >= 4 is 0 Å². The van der Waals surface area contributed by atoms with Crippen LogP contribution in [0.25, 0.3) is 0 Å². The molecule has 4 heteroatoms. The zero-order valence-corrected chi connectivity index (χ0v) is 11.3. The van der Waals surface area contributed by atoms with E-state index >= 15 is 0 Å². The average Bonchev–Trinajstić information content (AvgIpc) is 2.61. The monoisotopic (exact) mass is 239 g/mol. The van der Waals surface area contributed by atoms with Crippen molar-refractivity contribution in [3.05, 3.63) is 0 Å². The fourth-order valence-electron chi connectivity index (χ4n) is 2.46. The maximum absolute atomic E-state index is 6.07. The zero-order chi connectivity index (χ0) is 12.3. The van der Waals surface area contributed by atoms with E-state index < -0.39 is 0 Å². The molecule has 0 saturated heterocycles. The molecule has 3 atom stereocenters. The molecular weight excluding hydrogens is 214 g/mol. The van der Waals surface area contributed by atoms with Crippen molar-refractivity contribution in [1.82, 2.24) is 5.43 Å². The second-order valence-electron chi connectivity index (χ2n) is 6.53. The van der Waals surface area contributed by atoms with E-state index in [4.69, 9.17) is 4.74 Å². The van der Waals surface area contributed by atoms with Gasteiger partial charge in [-0.25, -0.2) is 0 Å². The van der Waals surface area contributed by atoms with Crippen LogP contribution >= 0.6 is 0 Å². The summed E-state index contributed by atoms with van der Waals surface area (Å²) in [7, 11) is 0. The molecule has 1 fully saturated rings. The number of hydrogen-bond acceptors (Lipinski definition) is 4. The molecule has 0 spiro atoms. The minimum atomic E-state index is 0.250. The highest BCUT2D eigenvalue weighted by molar-refractivity contribution is 4.88. The summed E-state index contributed by atoms with van der Waals surface area (Å²) in [5.41, 5.74) is 3.38. The van der Waals surface area contributed by atoms with Gasteiger partial charge in [0.15, 0.2) is 0 Å². The molecule has 2 aliphatic rings. The Morgan fingerprint density at radius 3 is 2.76 bits per heavy atom. The summed E-state index contributed by atoms with van der Waals surface area (Å²) in [6, 6.07) is 0.788. The van der Waals surface area contributed by atoms with Crippen LogP contribution in [0.1, 0.15) is 52.9 Å². The van der Waals surface area contributed by atoms with E-state index in [2.05, 4.69) is 36.5 Å². The lowest BCUT2D eigenvalue weighted by molar-refractivity contribution is -0.00881. The quantitative estimate of drug-likeness (QED) is 0.805. The lowest BCUT2D eigenvalue weighted by Crippen LogP contribution is -2.37. The van der Waals surface area contributed by atoms with E-state index in [0.29, 0.717) is 18.2 Å². The molecule has 0 aromatic heterocycles. The Kier molecular flexibility index (Phi) is 4.02. The lowest BCUT2D eigenvalue weighted by Gasteiger charge is -2.29. The van der Waals surface area contributed by atoms with Crippen LogP contribution in [0, 0.1) is 5.41 Å². The molecule has 0 aromatic carbocycles. The highest BCUT2D eigenvalue weighted by Gasteiger charge is 2.30. The highest BCUT2D eigenvalue weighted by Crippen LogP contribution is 2.26. The van der Waals surface area contributed by atoms with Crippen LogP contribution in [0.2, 0.25) is 0 Å². The van der Waals surface area contributed by atoms with Crippen molar-refractivity contribution in [3.8, 4) is 0 Å². The summed E-state index contributed by atoms with van der Waals surface area (Å²) in [4.78, 5) is 0. The molecule has 1 saturated carbocycles. The zero-order valence-electron chi connectivity index (χ0n) is 11.3. The van der Waals surface area contributed by atoms with Gasteiger partial charge in [-0.15, -0.1) is 0 Å². The Hall–Kier alpha value is -0.640. The molecule has 0 aromatic rings. The second kappa shape index (κ2) is 5.34. The summed E-state index contributed by atoms with van der Waals surface area (Å²) in [5.74, 6) is 0. The van der Waals surface area contributed by atoms with Gasteiger partial charge in [-0.1, -0.05) is 38.8 Å². The van der Waals surface area contributed by atoms with Crippen LogP contribution in [-0.2, 0) is 4.74 Å². The van der Waals surface area contributed by atoms with Gasteiger partial charge in [0.2, 0.25) is 0 Å². The molecule has 0 amide bonds. The third kappa shape index (κ3) is 3.95. The Morgan fingerprint density at radius 1 is 1.24 bits per heavy atom. The minimum absolute atomic E-state index is 0.250. The van der Waals surface area contributed by atoms with Crippen LogP contribution in [0.4, 0.5) is 0 Å². The summed E-state index contributed by atoms with van der Waals surface area (Å²) >= 11 is 0. The van der Waals surface area contributed by atoms with Crippen LogP contribution in [0.5, 0.6) is 0 Å². The Morgan fingerprint density at radius 2 is 2.00 bits per heavy atom. The van der Waals surface area contributed by atoms with Gasteiger partial charge in [-0.05, 0) is 24.7 Å². The molecule has 0 bridgehead atoms. The standard InChI is InChI=1S/C13H25N3O/c1-13(2,3)9-17-10-6-4-5-7-11-12(8-10)15-16-14-11/h10-12H,4-9H2,1-3H3,(H,14,15). The minimum Gasteiger partial charge on any atom is -0.378 e.